The molecule has 1 unspecified atom stereocenters. The van der Waals surface area contributed by atoms with Gasteiger partial charge in [-0.05, 0) is 55.1 Å². The van der Waals surface area contributed by atoms with Crippen LogP contribution in [0, 0.1) is 6.92 Å². The third kappa shape index (κ3) is 2.64. The van der Waals surface area contributed by atoms with Crippen LogP contribution in [0.15, 0.2) is 42.5 Å². The van der Waals surface area contributed by atoms with E-state index in [1.54, 1.807) is 6.07 Å². The Kier molecular flexibility index (Phi) is 3.26. The summed E-state index contributed by atoms with van der Waals surface area (Å²) in [6.45, 7) is 3.13. The second-order valence-corrected chi connectivity index (χ2v) is 5.33. The summed E-state index contributed by atoms with van der Waals surface area (Å²) in [6, 6.07) is 14.7. The third-order valence-electron chi connectivity index (χ3n) is 3.81. The van der Waals surface area contributed by atoms with Crippen molar-refractivity contribution in [3.63, 3.8) is 0 Å². The van der Waals surface area contributed by atoms with Crippen LogP contribution >= 0.6 is 0 Å². The van der Waals surface area contributed by atoms with Gasteiger partial charge in [-0.2, -0.15) is 0 Å². The number of rotatable bonds is 2. The number of benzene rings is 2. The Morgan fingerprint density at radius 1 is 1.21 bits per heavy atom. The number of aryl methyl sites for hydroxylation is 1. The van der Waals surface area contributed by atoms with E-state index in [0.717, 1.165) is 19.4 Å². The average molecular weight is 253 g/mol. The summed E-state index contributed by atoms with van der Waals surface area (Å²) >= 11 is 0. The van der Waals surface area contributed by atoms with Gasteiger partial charge in [0, 0.05) is 6.04 Å². The van der Waals surface area contributed by atoms with Crippen LogP contribution in [0.25, 0.3) is 0 Å². The first-order valence-electron chi connectivity index (χ1n) is 6.83. The highest BCUT2D eigenvalue weighted by Crippen LogP contribution is 2.29. The molecule has 19 heavy (non-hydrogen) atoms. The van der Waals surface area contributed by atoms with Crippen molar-refractivity contribution in [1.82, 2.24) is 5.32 Å². The van der Waals surface area contributed by atoms with Gasteiger partial charge in [-0.15, -0.1) is 0 Å². The molecular formula is C17H19NO. The van der Waals surface area contributed by atoms with Crippen molar-refractivity contribution in [2.45, 2.75) is 25.8 Å². The van der Waals surface area contributed by atoms with Gasteiger partial charge in [0.05, 0.1) is 0 Å². The second kappa shape index (κ2) is 5.06. The Balaban J connectivity index is 1.89. The quantitative estimate of drug-likeness (QED) is 0.862. The molecule has 0 saturated heterocycles. The van der Waals surface area contributed by atoms with Crippen molar-refractivity contribution >= 4 is 0 Å². The van der Waals surface area contributed by atoms with E-state index in [0.29, 0.717) is 11.8 Å². The van der Waals surface area contributed by atoms with Crippen LogP contribution < -0.4 is 5.32 Å². The van der Waals surface area contributed by atoms with Gasteiger partial charge in [0.1, 0.15) is 5.75 Å². The van der Waals surface area contributed by atoms with Gasteiger partial charge in [0.2, 0.25) is 0 Å². The third-order valence-corrected chi connectivity index (χ3v) is 3.81. The second-order valence-electron chi connectivity index (χ2n) is 5.33. The fraction of sp³-hybridized carbons (Fsp3) is 0.294. The Morgan fingerprint density at radius 2 is 2.11 bits per heavy atom. The lowest BCUT2D eigenvalue weighted by molar-refractivity contribution is 0.463. The number of aromatic hydroxyl groups is 1. The summed E-state index contributed by atoms with van der Waals surface area (Å²) in [4.78, 5) is 0. The predicted octanol–water partition coefficient (Wildman–Crippen LogP) is 3.13. The highest BCUT2D eigenvalue weighted by molar-refractivity contribution is 5.39. The van der Waals surface area contributed by atoms with Gasteiger partial charge in [-0.3, -0.25) is 0 Å². The van der Waals surface area contributed by atoms with Crippen molar-refractivity contribution in [2.75, 3.05) is 6.54 Å². The minimum atomic E-state index is 0.303. The summed E-state index contributed by atoms with van der Waals surface area (Å²) in [7, 11) is 0. The van der Waals surface area contributed by atoms with E-state index in [2.05, 4.69) is 42.6 Å². The van der Waals surface area contributed by atoms with Crippen LogP contribution in [0.1, 0.15) is 28.3 Å². The Labute approximate surface area is 114 Å². The maximum absolute atomic E-state index is 9.69. The highest BCUT2D eigenvalue weighted by Gasteiger charge is 2.20. The van der Waals surface area contributed by atoms with Crippen molar-refractivity contribution in [3.8, 4) is 5.75 Å². The molecular weight excluding hydrogens is 234 g/mol. The Morgan fingerprint density at radius 3 is 2.95 bits per heavy atom. The Hall–Kier alpha value is -1.80. The maximum atomic E-state index is 9.69. The van der Waals surface area contributed by atoms with Crippen LogP contribution in [-0.2, 0) is 12.8 Å². The largest absolute Gasteiger partial charge is 0.508 e. The van der Waals surface area contributed by atoms with E-state index >= 15 is 0 Å². The zero-order chi connectivity index (χ0) is 13.2. The smallest absolute Gasteiger partial charge is 0.115 e. The minimum Gasteiger partial charge on any atom is -0.508 e. The lowest BCUT2D eigenvalue weighted by Gasteiger charge is -2.27. The molecule has 2 nitrogen and oxygen atoms in total. The molecule has 1 atom stereocenters. The number of fused-ring (bicyclic) bond motifs is 1. The molecule has 0 aromatic heterocycles. The Bertz CT molecular complexity index is 592. The summed E-state index contributed by atoms with van der Waals surface area (Å²) in [6.07, 6.45) is 2.01. The molecule has 0 bridgehead atoms. The highest BCUT2D eigenvalue weighted by atomic mass is 16.3. The molecule has 1 aliphatic heterocycles. The van der Waals surface area contributed by atoms with Crippen LogP contribution in [0.5, 0.6) is 5.75 Å². The normalized spacial score (nSPS) is 18.1. The SMILES string of the molecule is Cc1cccc(CC2NCCc3ccc(O)cc32)c1. The first kappa shape index (κ1) is 12.2. The molecule has 3 rings (SSSR count). The summed E-state index contributed by atoms with van der Waals surface area (Å²) in [5.41, 5.74) is 5.24. The predicted molar refractivity (Wildman–Crippen MR) is 77.4 cm³/mol. The molecule has 2 aromatic rings. The van der Waals surface area contributed by atoms with E-state index in [-0.39, 0.29) is 0 Å². The van der Waals surface area contributed by atoms with E-state index in [9.17, 15) is 5.11 Å². The summed E-state index contributed by atoms with van der Waals surface area (Å²) in [5, 5.41) is 13.2. The lowest BCUT2D eigenvalue weighted by atomic mass is 9.90. The van der Waals surface area contributed by atoms with E-state index in [4.69, 9.17) is 0 Å². The van der Waals surface area contributed by atoms with E-state index < -0.39 is 0 Å². The molecule has 1 heterocycles. The number of hydrogen-bond acceptors (Lipinski definition) is 2. The van der Waals surface area contributed by atoms with E-state index in [1.807, 2.05) is 6.07 Å². The molecule has 0 fully saturated rings. The average Bonchev–Trinajstić information content (AvgIpc) is 2.39. The fourth-order valence-electron chi connectivity index (χ4n) is 2.88. The van der Waals surface area contributed by atoms with Gasteiger partial charge in [-0.1, -0.05) is 35.9 Å². The maximum Gasteiger partial charge on any atom is 0.115 e. The first-order valence-corrected chi connectivity index (χ1v) is 6.83. The molecule has 0 spiro atoms. The molecule has 0 saturated carbocycles. The van der Waals surface area contributed by atoms with Crippen molar-refractivity contribution in [1.29, 1.82) is 0 Å². The molecule has 0 aliphatic carbocycles. The minimum absolute atomic E-state index is 0.303. The number of hydrogen-bond donors (Lipinski definition) is 2. The standard InChI is InChI=1S/C17H19NO/c1-12-3-2-4-13(9-12)10-17-16-11-15(19)6-5-14(16)7-8-18-17/h2-6,9,11,17-19H,7-8,10H2,1H3. The van der Waals surface area contributed by atoms with Crippen molar-refractivity contribution in [3.05, 3.63) is 64.7 Å². The van der Waals surface area contributed by atoms with Crippen molar-refractivity contribution in [2.24, 2.45) is 0 Å². The molecule has 2 heteroatoms. The zero-order valence-electron chi connectivity index (χ0n) is 11.2. The summed E-state index contributed by atoms with van der Waals surface area (Å²) < 4.78 is 0. The van der Waals surface area contributed by atoms with Crippen molar-refractivity contribution < 1.29 is 5.11 Å². The van der Waals surface area contributed by atoms with E-state index in [1.165, 1.54) is 22.3 Å². The molecule has 1 aliphatic rings. The van der Waals surface area contributed by atoms with Gasteiger partial charge in [-0.25, -0.2) is 0 Å². The van der Waals surface area contributed by atoms with Crippen LogP contribution in [-0.4, -0.2) is 11.7 Å². The molecule has 0 amide bonds. The first-order chi connectivity index (χ1) is 9.22. The van der Waals surface area contributed by atoms with Crippen LogP contribution in [0.3, 0.4) is 0 Å². The van der Waals surface area contributed by atoms with Crippen LogP contribution in [0.2, 0.25) is 0 Å². The molecule has 0 radical (unpaired) electrons. The molecule has 98 valence electrons. The number of phenolic OH excluding ortho intramolecular Hbond substituents is 1. The van der Waals surface area contributed by atoms with Crippen LogP contribution in [0.4, 0.5) is 0 Å². The fourth-order valence-corrected chi connectivity index (χ4v) is 2.88. The monoisotopic (exact) mass is 253 g/mol. The zero-order valence-corrected chi connectivity index (χ0v) is 11.2. The summed E-state index contributed by atoms with van der Waals surface area (Å²) in [5.74, 6) is 0.358. The van der Waals surface area contributed by atoms with Gasteiger partial charge in [0.25, 0.3) is 0 Å². The molecule has 2 aromatic carbocycles. The lowest BCUT2D eigenvalue weighted by Crippen LogP contribution is -2.31. The van der Waals surface area contributed by atoms with Gasteiger partial charge < -0.3 is 10.4 Å². The van der Waals surface area contributed by atoms with Gasteiger partial charge in [0.15, 0.2) is 0 Å². The molecule has 2 N–H and O–H groups in total. The number of nitrogens with one attached hydrogen (secondary N) is 1. The number of phenols is 1. The van der Waals surface area contributed by atoms with Gasteiger partial charge >= 0.3 is 0 Å². The topological polar surface area (TPSA) is 32.3 Å².